The van der Waals surface area contributed by atoms with Crippen molar-refractivity contribution in [1.29, 1.82) is 0 Å². The number of piperidine rings is 1. The van der Waals surface area contributed by atoms with Gasteiger partial charge in [-0.25, -0.2) is 14.3 Å². The second kappa shape index (κ2) is 12.3. The molecular weight excluding hydrogens is 598 g/mol. The number of carbonyl (C=O) groups is 1. The fourth-order valence-corrected chi connectivity index (χ4v) is 7.47. The van der Waals surface area contributed by atoms with Crippen molar-refractivity contribution in [3.05, 3.63) is 84.6 Å². The van der Waals surface area contributed by atoms with Gasteiger partial charge in [-0.15, -0.1) is 5.10 Å². The molecule has 0 N–H and O–H groups in total. The van der Waals surface area contributed by atoms with Crippen LogP contribution in [0.3, 0.4) is 0 Å². The van der Waals surface area contributed by atoms with E-state index in [1.54, 1.807) is 61.6 Å². The van der Waals surface area contributed by atoms with Gasteiger partial charge in [0.15, 0.2) is 0 Å². The van der Waals surface area contributed by atoms with Gasteiger partial charge in [0.2, 0.25) is 4.96 Å². The topological polar surface area (TPSA) is 99.7 Å². The fraction of sp³-hybridized carbons (Fsp3) is 0.343. The lowest BCUT2D eigenvalue weighted by Crippen LogP contribution is -2.40. The summed E-state index contributed by atoms with van der Waals surface area (Å²) >= 11 is 1.54. The van der Waals surface area contributed by atoms with Crippen molar-refractivity contribution in [1.82, 2.24) is 29.8 Å². The SMILES string of the molecule is C1CC2CCC12.COC1CCCCN1c1ccc(-c2nn3cc(-c4ccc(C(=O)On5nnc6ccccc65)cc4)nc3s2)cc1. The van der Waals surface area contributed by atoms with E-state index in [-0.39, 0.29) is 6.23 Å². The molecule has 3 aromatic carbocycles. The summed E-state index contributed by atoms with van der Waals surface area (Å²) in [6.45, 7) is 1.01. The van der Waals surface area contributed by atoms with Crippen LogP contribution in [0.15, 0.2) is 79.0 Å². The number of hydrogen-bond acceptors (Lipinski definition) is 9. The molecular formula is C35H35N7O3S. The lowest BCUT2D eigenvalue weighted by atomic mass is 9.60. The number of anilines is 1. The van der Waals surface area contributed by atoms with E-state index in [9.17, 15) is 4.79 Å². The minimum Gasteiger partial charge on any atom is -0.362 e. The van der Waals surface area contributed by atoms with Crippen molar-refractivity contribution in [3.63, 3.8) is 0 Å². The van der Waals surface area contributed by atoms with Crippen molar-refractivity contribution in [2.45, 2.75) is 51.2 Å². The first-order valence-electron chi connectivity index (χ1n) is 16.0. The van der Waals surface area contributed by atoms with Gasteiger partial charge in [-0.3, -0.25) is 0 Å². The second-order valence-corrected chi connectivity index (χ2v) is 13.2. The van der Waals surface area contributed by atoms with Gasteiger partial charge in [-0.05, 0) is 111 Å². The molecule has 4 heterocycles. The Hall–Kier alpha value is -4.61. The lowest BCUT2D eigenvalue weighted by molar-refractivity contribution is 0.0409. The van der Waals surface area contributed by atoms with Gasteiger partial charge in [0.25, 0.3) is 0 Å². The number of hydrogen-bond donors (Lipinski definition) is 0. The molecule has 3 aromatic heterocycles. The van der Waals surface area contributed by atoms with Gasteiger partial charge >= 0.3 is 5.97 Å². The number of methoxy groups -OCH3 is 1. The van der Waals surface area contributed by atoms with Gasteiger partial charge in [0.1, 0.15) is 22.3 Å². The molecule has 6 aromatic rings. The molecule has 3 aliphatic rings. The molecule has 2 saturated carbocycles. The predicted molar refractivity (Wildman–Crippen MR) is 178 cm³/mol. The van der Waals surface area contributed by atoms with E-state index in [1.165, 1.54) is 41.7 Å². The van der Waals surface area contributed by atoms with E-state index in [0.29, 0.717) is 16.6 Å². The van der Waals surface area contributed by atoms with Gasteiger partial charge < -0.3 is 14.5 Å². The summed E-state index contributed by atoms with van der Waals surface area (Å²) in [6.07, 6.45) is 11.7. The first-order valence-corrected chi connectivity index (χ1v) is 16.8. The molecule has 0 radical (unpaired) electrons. The largest absolute Gasteiger partial charge is 0.365 e. The molecule has 9 rings (SSSR count). The van der Waals surface area contributed by atoms with Crippen molar-refractivity contribution in [3.8, 4) is 21.8 Å². The van der Waals surface area contributed by atoms with E-state index >= 15 is 0 Å². The Morgan fingerprint density at radius 2 is 1.61 bits per heavy atom. The summed E-state index contributed by atoms with van der Waals surface area (Å²) in [6, 6.07) is 22.9. The second-order valence-electron chi connectivity index (χ2n) is 12.3. The van der Waals surface area contributed by atoms with E-state index < -0.39 is 5.97 Å². The van der Waals surface area contributed by atoms with Gasteiger partial charge in [-0.1, -0.05) is 40.4 Å². The van der Waals surface area contributed by atoms with Gasteiger partial charge in [0, 0.05) is 30.5 Å². The van der Waals surface area contributed by atoms with Crippen molar-refractivity contribution >= 4 is 39.0 Å². The number of benzene rings is 3. The van der Waals surface area contributed by atoms with Crippen LogP contribution in [-0.4, -0.2) is 55.6 Å². The molecule has 1 atom stereocenters. The average Bonchev–Trinajstić information content (AvgIpc) is 3.81. The summed E-state index contributed by atoms with van der Waals surface area (Å²) in [5, 5.41) is 13.6. The summed E-state index contributed by atoms with van der Waals surface area (Å²) in [7, 11) is 1.78. The number of aromatic nitrogens is 6. The zero-order chi connectivity index (χ0) is 31.0. The number of carbonyl (C=O) groups excluding carboxylic acids is 1. The average molecular weight is 634 g/mol. The molecule has 1 saturated heterocycles. The molecule has 46 heavy (non-hydrogen) atoms. The van der Waals surface area contributed by atoms with Crippen LogP contribution in [0.5, 0.6) is 0 Å². The first-order chi connectivity index (χ1) is 22.6. The number of imidazole rings is 1. The third-order valence-electron chi connectivity index (χ3n) is 9.60. The number of nitrogens with zero attached hydrogens (tertiary/aromatic N) is 7. The number of ether oxygens (including phenoxy) is 1. The van der Waals surface area contributed by atoms with Crippen molar-refractivity contribution < 1.29 is 14.4 Å². The van der Waals surface area contributed by atoms with Crippen molar-refractivity contribution in [2.75, 3.05) is 18.6 Å². The molecule has 2 aliphatic carbocycles. The Balaban J connectivity index is 0.000000462. The maximum atomic E-state index is 12.7. The van der Waals surface area contributed by atoms with Crippen LogP contribution in [-0.2, 0) is 4.74 Å². The molecule has 0 bridgehead atoms. The Kier molecular flexibility index (Phi) is 7.71. The first kappa shape index (κ1) is 28.8. The summed E-state index contributed by atoms with van der Waals surface area (Å²) < 4.78 is 7.48. The summed E-state index contributed by atoms with van der Waals surface area (Å²) in [5.74, 6) is 1.90. The number of fused-ring (bicyclic) bond motifs is 3. The standard InChI is InChI=1S/C29H25N7O3S.C6H10/c1-38-26-8-4-5-17-34(26)22-15-13-20(14-16-22)27-32-35-18-24(30-29(35)40-27)19-9-11-21(12-10-19)28(37)39-36-25-7-3-2-6-23(25)31-33-36;1-2-6-4-3-5(1)6/h2-3,6-7,9-16,18,26H,4-5,8,17H2,1H3;5-6H,1-4H2. The van der Waals surface area contributed by atoms with Crippen LogP contribution in [0.25, 0.3) is 37.8 Å². The highest BCUT2D eigenvalue weighted by atomic mass is 32.1. The number of rotatable bonds is 6. The predicted octanol–water partition coefficient (Wildman–Crippen LogP) is 6.91. The molecule has 234 valence electrons. The maximum Gasteiger partial charge on any atom is 0.365 e. The van der Waals surface area contributed by atoms with Crippen LogP contribution in [0.4, 0.5) is 5.69 Å². The molecule has 1 unspecified atom stereocenters. The zero-order valence-electron chi connectivity index (χ0n) is 25.7. The minimum atomic E-state index is -0.525. The van der Waals surface area contributed by atoms with Crippen LogP contribution in [0, 0.1) is 11.8 Å². The summed E-state index contributed by atoms with van der Waals surface area (Å²) in [5.41, 5.74) is 5.54. The van der Waals surface area contributed by atoms with Gasteiger partial charge in [0.05, 0.1) is 17.5 Å². The maximum absolute atomic E-state index is 12.7. The van der Waals surface area contributed by atoms with Gasteiger partial charge in [-0.2, -0.15) is 5.10 Å². The van der Waals surface area contributed by atoms with E-state index in [0.717, 1.165) is 44.6 Å². The molecule has 1 aliphatic heterocycles. The van der Waals surface area contributed by atoms with Crippen LogP contribution < -0.4 is 9.74 Å². The van der Waals surface area contributed by atoms with E-state index in [1.807, 2.05) is 30.5 Å². The molecule has 0 amide bonds. The monoisotopic (exact) mass is 633 g/mol. The van der Waals surface area contributed by atoms with E-state index in [4.69, 9.17) is 19.7 Å². The molecule has 10 nitrogen and oxygen atoms in total. The Morgan fingerprint density at radius 1 is 0.870 bits per heavy atom. The lowest BCUT2D eigenvalue weighted by Gasteiger charge is -2.46. The van der Waals surface area contributed by atoms with E-state index in [2.05, 4.69) is 39.5 Å². The fourth-order valence-electron chi connectivity index (χ4n) is 6.58. The highest BCUT2D eigenvalue weighted by molar-refractivity contribution is 7.19. The molecule has 0 spiro atoms. The summed E-state index contributed by atoms with van der Waals surface area (Å²) in [4.78, 5) is 27.1. The Bertz CT molecular complexity index is 1930. The third-order valence-corrected chi connectivity index (χ3v) is 10.6. The number of para-hydroxylation sites is 1. The Morgan fingerprint density at radius 3 is 2.30 bits per heavy atom. The normalized spacial score (nSPS) is 20.4. The zero-order valence-corrected chi connectivity index (χ0v) is 26.5. The Labute approximate surface area is 270 Å². The quantitative estimate of drug-likeness (QED) is 0.183. The molecule has 11 heteroatoms. The molecule has 3 fully saturated rings. The van der Waals surface area contributed by atoms with Crippen molar-refractivity contribution in [2.24, 2.45) is 11.8 Å². The highest BCUT2D eigenvalue weighted by Gasteiger charge is 2.37. The van der Waals surface area contributed by atoms with Crippen LogP contribution >= 0.6 is 11.3 Å². The third kappa shape index (κ3) is 5.54. The highest BCUT2D eigenvalue weighted by Crippen LogP contribution is 2.49. The van der Waals surface area contributed by atoms with Crippen LogP contribution in [0.1, 0.15) is 55.3 Å². The van der Waals surface area contributed by atoms with Crippen LogP contribution in [0.2, 0.25) is 0 Å². The minimum absolute atomic E-state index is 0.134. The smallest absolute Gasteiger partial charge is 0.362 e.